The van der Waals surface area contributed by atoms with E-state index in [9.17, 15) is 18.8 Å². The predicted octanol–water partition coefficient (Wildman–Crippen LogP) is 2.57. The molecule has 4 amide bonds. The molecule has 1 heterocycles. The number of urea groups is 1. The number of hydrogen-bond acceptors (Lipinski definition) is 3. The van der Waals surface area contributed by atoms with Gasteiger partial charge in [-0.25, -0.2) is 9.18 Å². The molecule has 2 fully saturated rings. The molecule has 0 bridgehead atoms. The Morgan fingerprint density at radius 3 is 2.84 bits per heavy atom. The first kappa shape index (κ1) is 17.4. The summed E-state index contributed by atoms with van der Waals surface area (Å²) in [5.74, 6) is -1.49. The smallest absolute Gasteiger partial charge is 0.323 e. The molecule has 1 saturated carbocycles. The highest BCUT2D eigenvalue weighted by atomic mass is 19.1. The number of imide groups is 1. The molecular weight excluding hydrogens is 325 g/mol. The lowest BCUT2D eigenvalue weighted by molar-refractivity contribution is -0.136. The lowest BCUT2D eigenvalue weighted by atomic mass is 9.73. The number of nitrogens with one attached hydrogen (secondary N) is 2. The van der Waals surface area contributed by atoms with Crippen molar-refractivity contribution < 1.29 is 18.8 Å². The van der Waals surface area contributed by atoms with Gasteiger partial charge < -0.3 is 10.6 Å². The first-order valence-electron chi connectivity index (χ1n) is 8.53. The Labute approximate surface area is 145 Å². The van der Waals surface area contributed by atoms with Crippen molar-refractivity contribution in [2.75, 3.05) is 11.9 Å². The molecule has 7 heteroatoms. The summed E-state index contributed by atoms with van der Waals surface area (Å²) in [7, 11) is 0. The van der Waals surface area contributed by atoms with E-state index in [0.29, 0.717) is 6.42 Å². The Kier molecular flexibility index (Phi) is 4.49. The van der Waals surface area contributed by atoms with Crippen molar-refractivity contribution in [1.82, 2.24) is 10.2 Å². The van der Waals surface area contributed by atoms with Gasteiger partial charge in [0, 0.05) is 0 Å². The summed E-state index contributed by atoms with van der Waals surface area (Å²) < 4.78 is 13.8. The van der Waals surface area contributed by atoms with Crippen molar-refractivity contribution in [2.24, 2.45) is 5.92 Å². The van der Waals surface area contributed by atoms with E-state index >= 15 is 0 Å². The molecule has 2 N–H and O–H groups in total. The molecule has 1 aromatic carbocycles. The van der Waals surface area contributed by atoms with Gasteiger partial charge in [0.15, 0.2) is 0 Å². The number of hydrogen-bond donors (Lipinski definition) is 2. The van der Waals surface area contributed by atoms with Crippen LogP contribution in [0.5, 0.6) is 0 Å². The van der Waals surface area contributed by atoms with Crippen molar-refractivity contribution in [2.45, 2.75) is 45.1 Å². The van der Waals surface area contributed by atoms with Gasteiger partial charge in [-0.15, -0.1) is 0 Å². The van der Waals surface area contributed by atoms with Crippen molar-refractivity contribution in [3.63, 3.8) is 0 Å². The van der Waals surface area contributed by atoms with Crippen molar-refractivity contribution in [3.05, 3.63) is 29.6 Å². The highest BCUT2D eigenvalue weighted by Gasteiger charge is 2.55. The van der Waals surface area contributed by atoms with Gasteiger partial charge in [-0.2, -0.15) is 0 Å². The van der Waals surface area contributed by atoms with Gasteiger partial charge in [0.25, 0.3) is 5.91 Å². The fraction of sp³-hybridized carbons (Fsp3) is 0.500. The maximum atomic E-state index is 13.8. The molecule has 6 nitrogen and oxygen atoms in total. The molecule has 1 aliphatic carbocycles. The monoisotopic (exact) mass is 347 g/mol. The number of amides is 4. The topological polar surface area (TPSA) is 78.5 Å². The van der Waals surface area contributed by atoms with Crippen LogP contribution in [0.15, 0.2) is 18.2 Å². The Hall–Kier alpha value is -2.44. The summed E-state index contributed by atoms with van der Waals surface area (Å²) in [6, 6.07) is 3.88. The summed E-state index contributed by atoms with van der Waals surface area (Å²) in [6.45, 7) is 3.27. The number of anilines is 1. The van der Waals surface area contributed by atoms with Gasteiger partial charge in [0.1, 0.15) is 17.9 Å². The summed E-state index contributed by atoms with van der Waals surface area (Å²) in [4.78, 5) is 38.2. The third-order valence-corrected chi connectivity index (χ3v) is 5.20. The van der Waals surface area contributed by atoms with Crippen LogP contribution in [0.25, 0.3) is 0 Å². The third-order valence-electron chi connectivity index (χ3n) is 5.20. The van der Waals surface area contributed by atoms with Crippen LogP contribution in [0.3, 0.4) is 0 Å². The van der Waals surface area contributed by atoms with E-state index in [2.05, 4.69) is 10.6 Å². The van der Waals surface area contributed by atoms with Gasteiger partial charge in [-0.1, -0.05) is 25.8 Å². The predicted molar refractivity (Wildman–Crippen MR) is 90.4 cm³/mol. The van der Waals surface area contributed by atoms with Crippen LogP contribution in [0.2, 0.25) is 0 Å². The van der Waals surface area contributed by atoms with Gasteiger partial charge >= 0.3 is 6.03 Å². The number of carbonyl (C=O) groups is 3. The molecule has 25 heavy (non-hydrogen) atoms. The SMILES string of the molecule is Cc1ccc(NC(=O)CN2C(=O)N[C@]3(CCCC[C@H]3C)C2=O)c(F)c1. The zero-order chi connectivity index (χ0) is 18.2. The van der Waals surface area contributed by atoms with E-state index < -0.39 is 29.8 Å². The maximum absolute atomic E-state index is 13.8. The average Bonchev–Trinajstić information content (AvgIpc) is 2.78. The standard InChI is InChI=1S/C18H22FN3O3/c1-11-6-7-14(13(19)9-11)20-15(23)10-22-16(24)18(21-17(22)25)8-4-3-5-12(18)2/h6-7,9,12H,3-5,8,10H2,1-2H3,(H,20,23)(H,21,25)/t12-,18+/m1/s1. The van der Waals surface area contributed by atoms with E-state index in [0.717, 1.165) is 29.7 Å². The van der Waals surface area contributed by atoms with Gasteiger partial charge in [0.2, 0.25) is 5.91 Å². The summed E-state index contributed by atoms with van der Waals surface area (Å²) in [5, 5.41) is 5.21. The Morgan fingerprint density at radius 2 is 2.16 bits per heavy atom. The second kappa shape index (κ2) is 6.46. The second-order valence-electron chi connectivity index (χ2n) is 6.97. The van der Waals surface area contributed by atoms with Crippen LogP contribution in [0, 0.1) is 18.7 Å². The number of nitrogens with zero attached hydrogens (tertiary/aromatic N) is 1. The highest BCUT2D eigenvalue weighted by molar-refractivity contribution is 6.10. The molecule has 1 aliphatic heterocycles. The molecule has 1 aromatic rings. The van der Waals surface area contributed by atoms with Gasteiger partial charge in [-0.3, -0.25) is 14.5 Å². The van der Waals surface area contributed by atoms with Crippen molar-refractivity contribution in [3.8, 4) is 0 Å². The number of rotatable bonds is 3. The molecule has 0 radical (unpaired) electrons. The van der Waals surface area contributed by atoms with Crippen molar-refractivity contribution >= 4 is 23.5 Å². The molecule has 0 unspecified atom stereocenters. The third kappa shape index (κ3) is 3.10. The van der Waals surface area contributed by atoms with Crippen LogP contribution < -0.4 is 10.6 Å². The molecule has 3 rings (SSSR count). The lowest BCUT2D eigenvalue weighted by Crippen LogP contribution is -2.54. The van der Waals surface area contributed by atoms with E-state index in [1.54, 1.807) is 13.0 Å². The first-order chi connectivity index (χ1) is 11.8. The fourth-order valence-electron chi connectivity index (χ4n) is 3.69. The zero-order valence-electron chi connectivity index (χ0n) is 14.4. The Bertz CT molecular complexity index is 736. The van der Waals surface area contributed by atoms with Gasteiger partial charge in [-0.05, 0) is 43.4 Å². The van der Waals surface area contributed by atoms with Crippen LogP contribution in [-0.4, -0.2) is 34.8 Å². The number of aryl methyl sites for hydroxylation is 1. The first-order valence-corrected chi connectivity index (χ1v) is 8.53. The normalized spacial score (nSPS) is 26.0. The van der Waals surface area contributed by atoms with E-state index in [1.165, 1.54) is 12.1 Å². The minimum Gasteiger partial charge on any atom is -0.323 e. The molecule has 2 atom stereocenters. The van der Waals surface area contributed by atoms with E-state index in [1.807, 2.05) is 6.92 Å². The molecular formula is C18H22FN3O3. The van der Waals surface area contributed by atoms with Crippen LogP contribution in [0.4, 0.5) is 14.9 Å². The maximum Gasteiger partial charge on any atom is 0.325 e. The Balaban J connectivity index is 1.71. The van der Waals surface area contributed by atoms with Crippen molar-refractivity contribution in [1.29, 1.82) is 0 Å². The van der Waals surface area contributed by atoms with Gasteiger partial charge in [0.05, 0.1) is 5.69 Å². The minimum atomic E-state index is -0.898. The summed E-state index contributed by atoms with van der Waals surface area (Å²) in [5.41, 5.74) is -0.133. The highest BCUT2D eigenvalue weighted by Crippen LogP contribution is 2.38. The van der Waals surface area contributed by atoms with Crippen LogP contribution >= 0.6 is 0 Å². The van der Waals surface area contributed by atoms with E-state index in [4.69, 9.17) is 0 Å². The minimum absolute atomic E-state index is 0.0281. The number of benzene rings is 1. The molecule has 134 valence electrons. The molecule has 2 aliphatic rings. The molecule has 1 saturated heterocycles. The molecule has 0 aromatic heterocycles. The Morgan fingerprint density at radius 1 is 1.40 bits per heavy atom. The molecule has 1 spiro atoms. The largest absolute Gasteiger partial charge is 0.325 e. The average molecular weight is 347 g/mol. The fourth-order valence-corrected chi connectivity index (χ4v) is 3.69. The van der Waals surface area contributed by atoms with Crippen LogP contribution in [0.1, 0.15) is 38.2 Å². The number of halogens is 1. The summed E-state index contributed by atoms with van der Waals surface area (Å²) in [6.07, 6.45) is 3.34. The van der Waals surface area contributed by atoms with E-state index in [-0.39, 0.29) is 17.5 Å². The lowest BCUT2D eigenvalue weighted by Gasteiger charge is -2.36. The summed E-state index contributed by atoms with van der Waals surface area (Å²) >= 11 is 0. The quantitative estimate of drug-likeness (QED) is 0.825. The number of carbonyl (C=O) groups excluding carboxylic acids is 3. The second-order valence-corrected chi connectivity index (χ2v) is 6.97. The zero-order valence-corrected chi connectivity index (χ0v) is 14.4. The van der Waals surface area contributed by atoms with Crippen LogP contribution in [-0.2, 0) is 9.59 Å².